The van der Waals surface area contributed by atoms with Crippen molar-refractivity contribution in [2.75, 3.05) is 34.5 Å². The van der Waals surface area contributed by atoms with Crippen LogP contribution in [0.4, 0.5) is 0 Å². The van der Waals surface area contributed by atoms with Crippen molar-refractivity contribution < 1.29 is 34.5 Å². The van der Waals surface area contributed by atoms with Crippen LogP contribution in [0, 0.1) is 11.8 Å². The summed E-state index contributed by atoms with van der Waals surface area (Å²) in [6.07, 6.45) is 14.9. The van der Waals surface area contributed by atoms with E-state index in [0.717, 1.165) is 61.5 Å². The van der Waals surface area contributed by atoms with Gasteiger partial charge in [-0.3, -0.25) is 19.2 Å². The molecule has 0 radical (unpaired) electrons. The molecular weight excluding hydrogens is 869 g/mol. The Bertz CT molecular complexity index is 1830. The standard InChI is InChI=1S/C24H30O3S3.C23H28O4S3/c1-17(25)16-28-13-4-14-29-24-18(8-12-22(24)27)7-9-20(26)10-11-21-15-19-5-2-3-6-23(19)30-21;24-18(9-10-19-14-17-4-1-2-5-21(17)30-19)8-6-16-7-11-20(25)23(16)29-13-3-12-28-15-22(26)27/h2-3,5-7,9,15,18,20,24,26H,4,8,10-14,16H2,1H3;1-2,4-6,8,14,16,18,23-24H,3,7,9-13,15H2,(H,26,27)/b9-7+;8-6+/t18-,20?,24+;16-,18?,23+/m00/s1. The van der Waals surface area contributed by atoms with Crippen LogP contribution in [0.15, 0.2) is 85.0 Å². The number of allylic oxidation sites excluding steroid dienone is 2. The number of aliphatic carboxylic acids is 1. The van der Waals surface area contributed by atoms with Crippen LogP contribution in [0.3, 0.4) is 0 Å². The molecule has 0 amide bonds. The number of aryl methyl sites for hydroxylation is 2. The van der Waals surface area contributed by atoms with E-state index in [1.54, 1.807) is 64.9 Å². The van der Waals surface area contributed by atoms with Crippen molar-refractivity contribution >= 4 is 113 Å². The summed E-state index contributed by atoms with van der Waals surface area (Å²) in [6.45, 7) is 1.62. The SMILES string of the molecule is CC(=O)CSCCCS[C@H]1C(=O)CC[C@@H]1/C=C/C(O)CCc1cc2ccccc2s1.O=C(O)CSCCCS[C@H]1C(=O)CC[C@@H]1/C=C/C(O)CCc1cc2ccccc2s1. The third-order valence-electron chi connectivity index (χ3n) is 10.3. The number of carboxylic acid groups (broad SMARTS) is 1. The van der Waals surface area contributed by atoms with E-state index in [4.69, 9.17) is 5.11 Å². The Labute approximate surface area is 380 Å². The lowest BCUT2D eigenvalue weighted by molar-refractivity contribution is -0.134. The molecule has 2 aromatic carbocycles. The van der Waals surface area contributed by atoms with Gasteiger partial charge in [0.15, 0.2) is 0 Å². The second-order valence-corrected chi connectivity index (χ2v) is 22.4. The van der Waals surface area contributed by atoms with Gasteiger partial charge < -0.3 is 15.3 Å². The summed E-state index contributed by atoms with van der Waals surface area (Å²) in [7, 11) is 0. The fourth-order valence-electron chi connectivity index (χ4n) is 7.26. The van der Waals surface area contributed by atoms with Gasteiger partial charge in [0.05, 0.1) is 34.2 Å². The Balaban J connectivity index is 0.000000228. The van der Waals surface area contributed by atoms with E-state index in [1.807, 2.05) is 30.4 Å². The molecule has 6 atom stereocenters. The fourth-order valence-corrected chi connectivity index (χ4v) is 13.9. The van der Waals surface area contributed by atoms with Gasteiger partial charge in [0.2, 0.25) is 0 Å². The molecule has 0 spiro atoms. The van der Waals surface area contributed by atoms with Crippen LogP contribution >= 0.6 is 69.7 Å². The molecule has 2 heterocycles. The number of hydrogen-bond acceptors (Lipinski definition) is 12. The third-order valence-corrected chi connectivity index (χ3v) is 17.9. The van der Waals surface area contributed by atoms with Crippen molar-refractivity contribution in [3.8, 4) is 0 Å². The van der Waals surface area contributed by atoms with Gasteiger partial charge in [0.1, 0.15) is 17.3 Å². The molecular formula is C47H58O7S6. The van der Waals surface area contributed by atoms with Gasteiger partial charge >= 0.3 is 5.97 Å². The maximum Gasteiger partial charge on any atom is 0.313 e. The van der Waals surface area contributed by atoms with Crippen molar-refractivity contribution in [2.24, 2.45) is 11.8 Å². The Kier molecular flexibility index (Phi) is 21.3. The number of carboxylic acids is 1. The van der Waals surface area contributed by atoms with E-state index in [-0.39, 0.29) is 33.9 Å². The van der Waals surface area contributed by atoms with Gasteiger partial charge in [-0.25, -0.2) is 0 Å². The van der Waals surface area contributed by atoms with Crippen LogP contribution in [-0.4, -0.2) is 95.9 Å². The van der Waals surface area contributed by atoms with E-state index in [9.17, 15) is 29.4 Å². The minimum Gasteiger partial charge on any atom is -0.481 e. The molecule has 60 heavy (non-hydrogen) atoms. The second kappa shape index (κ2) is 26.3. The number of fused-ring (bicyclic) bond motifs is 2. The van der Waals surface area contributed by atoms with Crippen molar-refractivity contribution in [3.63, 3.8) is 0 Å². The molecule has 2 aliphatic rings. The first-order valence-corrected chi connectivity index (χ1v) is 26.9. The van der Waals surface area contributed by atoms with Crippen molar-refractivity contribution in [3.05, 3.63) is 94.7 Å². The molecule has 13 heteroatoms. The summed E-state index contributed by atoms with van der Waals surface area (Å²) in [5.41, 5.74) is 0. The van der Waals surface area contributed by atoms with Crippen LogP contribution in [0.5, 0.6) is 0 Å². The number of benzene rings is 2. The van der Waals surface area contributed by atoms with Crippen molar-refractivity contribution in [2.45, 2.75) is 93.8 Å². The molecule has 3 N–H and O–H groups in total. The van der Waals surface area contributed by atoms with Gasteiger partial charge in [0, 0.05) is 32.0 Å². The number of hydrogen-bond donors (Lipinski definition) is 3. The summed E-state index contributed by atoms with van der Waals surface area (Å²) in [6, 6.07) is 21.1. The summed E-state index contributed by atoms with van der Waals surface area (Å²) in [4.78, 5) is 48.6. The molecule has 2 aliphatic carbocycles. The van der Waals surface area contributed by atoms with E-state index in [0.29, 0.717) is 43.0 Å². The van der Waals surface area contributed by atoms with E-state index in [1.165, 1.54) is 41.7 Å². The molecule has 2 aromatic heterocycles. The molecule has 0 saturated heterocycles. The first-order valence-electron chi connectivity index (χ1n) is 20.9. The van der Waals surface area contributed by atoms with E-state index in [2.05, 4.69) is 54.6 Å². The number of thiophene rings is 2. The fraction of sp³-hybridized carbons (Fsp3) is 0.489. The Hall–Kier alpha value is -2.36. The predicted octanol–water partition coefficient (Wildman–Crippen LogP) is 10.6. The summed E-state index contributed by atoms with van der Waals surface area (Å²) >= 11 is 10.1. The topological polar surface area (TPSA) is 129 Å². The molecule has 4 aromatic rings. The monoisotopic (exact) mass is 926 g/mol. The Morgan fingerprint density at radius 2 is 1.15 bits per heavy atom. The van der Waals surface area contributed by atoms with Crippen LogP contribution < -0.4 is 0 Å². The lowest BCUT2D eigenvalue weighted by Crippen LogP contribution is -2.17. The quantitative estimate of drug-likeness (QED) is 0.0459. The van der Waals surface area contributed by atoms with Gasteiger partial charge in [-0.1, -0.05) is 60.7 Å². The first-order chi connectivity index (χ1) is 29.0. The van der Waals surface area contributed by atoms with Crippen LogP contribution in [0.25, 0.3) is 20.2 Å². The average Bonchev–Trinajstić information content (AvgIpc) is 4.02. The number of aliphatic hydroxyl groups excluding tert-OH is 2. The Morgan fingerprint density at radius 1 is 0.700 bits per heavy atom. The largest absolute Gasteiger partial charge is 0.481 e. The molecule has 7 nitrogen and oxygen atoms in total. The predicted molar refractivity (Wildman–Crippen MR) is 261 cm³/mol. The molecule has 2 saturated carbocycles. The molecule has 6 rings (SSSR count). The molecule has 324 valence electrons. The number of carbonyl (C=O) groups is 4. The zero-order valence-corrected chi connectivity index (χ0v) is 39.2. The van der Waals surface area contributed by atoms with Gasteiger partial charge in [0.25, 0.3) is 0 Å². The summed E-state index contributed by atoms with van der Waals surface area (Å²) < 4.78 is 2.57. The molecule has 2 fully saturated rings. The van der Waals surface area contributed by atoms with Crippen molar-refractivity contribution in [1.29, 1.82) is 0 Å². The van der Waals surface area contributed by atoms with Gasteiger partial charge in [-0.2, -0.15) is 23.5 Å². The molecule has 2 unspecified atom stereocenters. The highest BCUT2D eigenvalue weighted by molar-refractivity contribution is 8.01. The second-order valence-electron chi connectivity index (χ2n) is 15.3. The highest BCUT2D eigenvalue weighted by Gasteiger charge is 2.34. The van der Waals surface area contributed by atoms with E-state index >= 15 is 0 Å². The van der Waals surface area contributed by atoms with Gasteiger partial charge in [-0.05, 0) is 128 Å². The Morgan fingerprint density at radius 3 is 1.58 bits per heavy atom. The normalized spacial score (nSPS) is 20.4. The third kappa shape index (κ3) is 16.7. The highest BCUT2D eigenvalue weighted by atomic mass is 32.2. The molecule has 0 bridgehead atoms. The summed E-state index contributed by atoms with van der Waals surface area (Å²) in [5.74, 6) is 4.78. The lowest BCUT2D eigenvalue weighted by Gasteiger charge is -2.15. The maximum atomic E-state index is 12.3. The smallest absolute Gasteiger partial charge is 0.313 e. The number of aliphatic hydroxyl groups is 2. The van der Waals surface area contributed by atoms with Crippen LogP contribution in [0.2, 0.25) is 0 Å². The maximum absolute atomic E-state index is 12.3. The number of ketones is 3. The number of carbonyl (C=O) groups excluding carboxylic acids is 3. The zero-order valence-electron chi connectivity index (χ0n) is 34.3. The number of rotatable bonds is 24. The lowest BCUT2D eigenvalue weighted by atomic mass is 10.0. The minimum absolute atomic E-state index is 0.0221. The van der Waals surface area contributed by atoms with E-state index < -0.39 is 18.2 Å². The number of thioether (sulfide) groups is 4. The minimum atomic E-state index is -0.783. The number of Topliss-reactive ketones (excluding diaryl/α,β-unsaturated/α-hetero) is 3. The van der Waals surface area contributed by atoms with Gasteiger partial charge in [-0.15, -0.1) is 46.2 Å². The summed E-state index contributed by atoms with van der Waals surface area (Å²) in [5, 5.41) is 32.0. The first kappa shape index (κ1) is 48.7. The molecule has 0 aliphatic heterocycles. The van der Waals surface area contributed by atoms with Crippen molar-refractivity contribution in [1.82, 2.24) is 0 Å². The highest BCUT2D eigenvalue weighted by Crippen LogP contribution is 2.36. The zero-order chi connectivity index (χ0) is 42.7. The van der Waals surface area contributed by atoms with Crippen LogP contribution in [0.1, 0.15) is 68.0 Å². The van der Waals surface area contributed by atoms with Crippen LogP contribution in [-0.2, 0) is 32.0 Å². The average molecular weight is 927 g/mol.